The highest BCUT2D eigenvalue weighted by atomic mass is 16.6. The molecule has 2 rings (SSSR count). The predicted octanol–water partition coefficient (Wildman–Crippen LogP) is 2.80. The Hall–Kier alpha value is -3.55. The highest BCUT2D eigenvalue weighted by Gasteiger charge is 2.10. The highest BCUT2D eigenvalue weighted by Crippen LogP contribution is 2.17. The number of nitrogens with zero attached hydrogens (tertiary/aromatic N) is 1. The van der Waals surface area contributed by atoms with Gasteiger partial charge < -0.3 is 25.0 Å². The fraction of sp³-hybridized carbons (Fsp3) is 0.318. The van der Waals surface area contributed by atoms with E-state index in [1.165, 1.54) is 0 Å². The topological polar surface area (TPSA) is 97.0 Å². The summed E-state index contributed by atoms with van der Waals surface area (Å²) in [5.41, 5.74) is 1.56. The second-order valence-electron chi connectivity index (χ2n) is 6.49. The van der Waals surface area contributed by atoms with Crippen molar-refractivity contribution in [2.45, 2.75) is 19.9 Å². The molecule has 0 saturated heterocycles. The Balaban J connectivity index is 1.72. The van der Waals surface area contributed by atoms with Crippen molar-refractivity contribution in [3.63, 3.8) is 0 Å². The zero-order chi connectivity index (χ0) is 21.8. The van der Waals surface area contributed by atoms with Gasteiger partial charge in [0, 0.05) is 38.3 Å². The van der Waals surface area contributed by atoms with Gasteiger partial charge in [0.15, 0.2) is 6.61 Å². The van der Waals surface area contributed by atoms with Gasteiger partial charge in [-0.05, 0) is 24.6 Å². The Morgan fingerprint density at radius 2 is 1.80 bits per heavy atom. The van der Waals surface area contributed by atoms with Gasteiger partial charge in [-0.2, -0.15) is 0 Å². The SMILES string of the molecule is CCOC(=O)COc1cccc(NC(=O)CCNC(=O)N(C)Cc2ccccc2)c1. The summed E-state index contributed by atoms with van der Waals surface area (Å²) in [5, 5.41) is 5.46. The first-order chi connectivity index (χ1) is 14.5. The summed E-state index contributed by atoms with van der Waals surface area (Å²) in [6, 6.07) is 16.1. The number of anilines is 1. The van der Waals surface area contributed by atoms with Crippen molar-refractivity contribution >= 4 is 23.6 Å². The molecule has 0 aliphatic carbocycles. The molecule has 0 radical (unpaired) electrons. The monoisotopic (exact) mass is 413 g/mol. The third-order valence-corrected chi connectivity index (χ3v) is 4.02. The van der Waals surface area contributed by atoms with Crippen molar-refractivity contribution in [3.05, 3.63) is 60.2 Å². The lowest BCUT2D eigenvalue weighted by Crippen LogP contribution is -2.38. The number of carbonyl (C=O) groups excluding carboxylic acids is 3. The summed E-state index contributed by atoms with van der Waals surface area (Å²) >= 11 is 0. The van der Waals surface area contributed by atoms with E-state index in [4.69, 9.17) is 9.47 Å². The lowest BCUT2D eigenvalue weighted by Gasteiger charge is -2.18. The van der Waals surface area contributed by atoms with E-state index in [-0.39, 0.29) is 38.1 Å². The van der Waals surface area contributed by atoms with Crippen molar-refractivity contribution < 1.29 is 23.9 Å². The van der Waals surface area contributed by atoms with Gasteiger partial charge in [0.05, 0.1) is 6.61 Å². The molecule has 0 heterocycles. The third-order valence-electron chi connectivity index (χ3n) is 4.02. The average molecular weight is 413 g/mol. The second-order valence-corrected chi connectivity index (χ2v) is 6.49. The van der Waals surface area contributed by atoms with Gasteiger partial charge in [-0.1, -0.05) is 36.4 Å². The van der Waals surface area contributed by atoms with E-state index < -0.39 is 5.97 Å². The van der Waals surface area contributed by atoms with E-state index in [0.29, 0.717) is 18.0 Å². The molecular formula is C22H27N3O5. The number of benzene rings is 2. The number of urea groups is 1. The summed E-state index contributed by atoms with van der Waals surface area (Å²) in [6.07, 6.45) is 0.124. The first-order valence-electron chi connectivity index (χ1n) is 9.69. The van der Waals surface area contributed by atoms with E-state index in [0.717, 1.165) is 5.56 Å². The zero-order valence-electron chi connectivity index (χ0n) is 17.2. The standard InChI is InChI=1S/C22H27N3O5/c1-3-29-21(27)16-30-19-11-7-10-18(14-19)24-20(26)12-13-23-22(28)25(2)15-17-8-5-4-6-9-17/h4-11,14H,3,12-13,15-16H2,1-2H3,(H,23,28)(H,24,26). The molecule has 0 aliphatic heterocycles. The van der Waals surface area contributed by atoms with Crippen LogP contribution in [-0.2, 0) is 20.9 Å². The minimum Gasteiger partial charge on any atom is -0.482 e. The lowest BCUT2D eigenvalue weighted by atomic mass is 10.2. The normalized spacial score (nSPS) is 10.1. The first kappa shape index (κ1) is 22.7. The molecule has 8 nitrogen and oxygen atoms in total. The highest BCUT2D eigenvalue weighted by molar-refractivity contribution is 5.91. The molecule has 30 heavy (non-hydrogen) atoms. The quantitative estimate of drug-likeness (QED) is 0.584. The molecule has 0 fully saturated rings. The van der Waals surface area contributed by atoms with E-state index in [9.17, 15) is 14.4 Å². The molecule has 0 saturated carbocycles. The Bertz CT molecular complexity index is 842. The van der Waals surface area contributed by atoms with E-state index in [1.807, 2.05) is 30.3 Å². The minimum atomic E-state index is -0.458. The molecule has 2 aromatic carbocycles. The molecule has 2 N–H and O–H groups in total. The Morgan fingerprint density at radius 1 is 1.03 bits per heavy atom. The van der Waals surface area contributed by atoms with Gasteiger partial charge in [-0.15, -0.1) is 0 Å². The van der Waals surface area contributed by atoms with Crippen molar-refractivity contribution in [2.24, 2.45) is 0 Å². The molecule has 0 bridgehead atoms. The zero-order valence-corrected chi connectivity index (χ0v) is 17.2. The summed E-state index contributed by atoms with van der Waals surface area (Å²) in [7, 11) is 1.70. The predicted molar refractivity (Wildman–Crippen MR) is 113 cm³/mol. The average Bonchev–Trinajstić information content (AvgIpc) is 2.73. The van der Waals surface area contributed by atoms with E-state index in [1.54, 1.807) is 43.1 Å². The number of amides is 3. The van der Waals surface area contributed by atoms with Crippen molar-refractivity contribution in [1.29, 1.82) is 0 Å². The van der Waals surface area contributed by atoms with Crippen LogP contribution >= 0.6 is 0 Å². The van der Waals surface area contributed by atoms with Gasteiger partial charge in [-0.25, -0.2) is 9.59 Å². The van der Waals surface area contributed by atoms with Crippen molar-refractivity contribution in [2.75, 3.05) is 32.1 Å². The number of hydrogen-bond acceptors (Lipinski definition) is 5. The number of hydrogen-bond donors (Lipinski definition) is 2. The van der Waals surface area contributed by atoms with Crippen LogP contribution in [0.4, 0.5) is 10.5 Å². The van der Waals surface area contributed by atoms with Gasteiger partial charge >= 0.3 is 12.0 Å². The number of ether oxygens (including phenoxy) is 2. The molecule has 0 aromatic heterocycles. The largest absolute Gasteiger partial charge is 0.482 e. The van der Waals surface area contributed by atoms with Gasteiger partial charge in [0.25, 0.3) is 0 Å². The number of nitrogens with one attached hydrogen (secondary N) is 2. The van der Waals surface area contributed by atoms with E-state index >= 15 is 0 Å². The fourth-order valence-electron chi connectivity index (χ4n) is 2.58. The number of esters is 1. The maximum absolute atomic E-state index is 12.1. The molecule has 0 spiro atoms. The minimum absolute atomic E-state index is 0.124. The van der Waals surface area contributed by atoms with Crippen molar-refractivity contribution in [1.82, 2.24) is 10.2 Å². The maximum Gasteiger partial charge on any atom is 0.344 e. The van der Waals surface area contributed by atoms with Crippen LogP contribution in [0.3, 0.4) is 0 Å². The summed E-state index contributed by atoms with van der Waals surface area (Å²) in [5.74, 6) is -0.264. The molecule has 2 aromatic rings. The molecule has 0 atom stereocenters. The lowest BCUT2D eigenvalue weighted by molar-refractivity contribution is -0.145. The van der Waals surface area contributed by atoms with Crippen LogP contribution in [0, 0.1) is 0 Å². The van der Waals surface area contributed by atoms with Gasteiger partial charge in [0.2, 0.25) is 5.91 Å². The van der Waals surface area contributed by atoms with Crippen LogP contribution in [0.15, 0.2) is 54.6 Å². The third kappa shape index (κ3) is 8.22. The molecule has 160 valence electrons. The number of carbonyl (C=O) groups is 3. The summed E-state index contributed by atoms with van der Waals surface area (Å²) < 4.78 is 10.1. The van der Waals surface area contributed by atoms with Crippen LogP contribution in [-0.4, -0.2) is 49.6 Å². The molecule has 8 heteroatoms. The second kappa shape index (κ2) is 12.1. The first-order valence-corrected chi connectivity index (χ1v) is 9.69. The van der Waals surface area contributed by atoms with Crippen molar-refractivity contribution in [3.8, 4) is 5.75 Å². The van der Waals surface area contributed by atoms with Crippen LogP contribution in [0.2, 0.25) is 0 Å². The molecule has 0 unspecified atom stereocenters. The van der Waals surface area contributed by atoms with Crippen LogP contribution < -0.4 is 15.4 Å². The smallest absolute Gasteiger partial charge is 0.344 e. The Kier molecular flexibility index (Phi) is 9.18. The maximum atomic E-state index is 12.1. The number of rotatable bonds is 10. The van der Waals surface area contributed by atoms with E-state index in [2.05, 4.69) is 10.6 Å². The Labute approximate surface area is 176 Å². The molecule has 0 aliphatic rings. The summed E-state index contributed by atoms with van der Waals surface area (Å²) in [4.78, 5) is 37.2. The van der Waals surface area contributed by atoms with Crippen LogP contribution in [0.1, 0.15) is 18.9 Å². The van der Waals surface area contributed by atoms with Crippen LogP contribution in [0.5, 0.6) is 5.75 Å². The summed E-state index contributed by atoms with van der Waals surface area (Å²) in [6.45, 7) is 2.50. The fourth-order valence-corrected chi connectivity index (χ4v) is 2.58. The molecule has 3 amide bonds. The van der Waals surface area contributed by atoms with Gasteiger partial charge in [-0.3, -0.25) is 4.79 Å². The van der Waals surface area contributed by atoms with Crippen LogP contribution in [0.25, 0.3) is 0 Å². The molecular weight excluding hydrogens is 386 g/mol. The Morgan fingerprint density at radius 3 is 2.53 bits per heavy atom. The van der Waals surface area contributed by atoms with Gasteiger partial charge in [0.1, 0.15) is 5.75 Å².